The molecular formula is C14H14N4O. The van der Waals surface area contributed by atoms with E-state index in [9.17, 15) is 0 Å². The van der Waals surface area contributed by atoms with E-state index in [1.54, 1.807) is 24.7 Å². The molecule has 1 aliphatic heterocycles. The highest BCUT2D eigenvalue weighted by molar-refractivity contribution is 5.55. The monoisotopic (exact) mass is 254 g/mol. The molecule has 0 aliphatic carbocycles. The van der Waals surface area contributed by atoms with Crippen LogP contribution in [0.25, 0.3) is 11.4 Å². The van der Waals surface area contributed by atoms with E-state index in [0.717, 1.165) is 37.4 Å². The Kier molecular flexibility index (Phi) is 3.25. The number of nitrogens with zero attached hydrogens (tertiary/aromatic N) is 4. The number of hydrogen-bond donors (Lipinski definition) is 0. The normalized spacial score (nSPS) is 18.4. The van der Waals surface area contributed by atoms with Gasteiger partial charge >= 0.3 is 0 Å². The highest BCUT2D eigenvalue weighted by atomic mass is 16.5. The molecule has 1 saturated heterocycles. The Morgan fingerprint density at radius 3 is 3.16 bits per heavy atom. The molecular weight excluding hydrogens is 240 g/mol. The molecule has 1 aliphatic rings. The van der Waals surface area contributed by atoms with E-state index >= 15 is 0 Å². The first-order chi connectivity index (χ1) is 9.35. The number of ether oxygens (including phenoxy) is 1. The summed E-state index contributed by atoms with van der Waals surface area (Å²) in [5.74, 6) is 0. The SMILES string of the molecule is N#Cc1ccnc(-c2cn(CC3CCCO3)cn2)c1. The van der Waals surface area contributed by atoms with Crippen molar-refractivity contribution < 1.29 is 4.74 Å². The summed E-state index contributed by atoms with van der Waals surface area (Å²) in [5, 5.41) is 8.88. The maximum Gasteiger partial charge on any atom is 0.107 e. The smallest absolute Gasteiger partial charge is 0.107 e. The zero-order valence-corrected chi connectivity index (χ0v) is 10.5. The minimum absolute atomic E-state index is 0.292. The van der Waals surface area contributed by atoms with Crippen LogP contribution < -0.4 is 0 Å². The third kappa shape index (κ3) is 2.64. The van der Waals surface area contributed by atoms with Crippen molar-refractivity contribution in [3.63, 3.8) is 0 Å². The molecule has 1 fully saturated rings. The Bertz CT molecular complexity index is 608. The summed E-state index contributed by atoms with van der Waals surface area (Å²) in [6.45, 7) is 1.68. The van der Waals surface area contributed by atoms with Crippen molar-refractivity contribution in [2.45, 2.75) is 25.5 Å². The van der Waals surface area contributed by atoms with Gasteiger partial charge in [-0.15, -0.1) is 0 Å². The van der Waals surface area contributed by atoms with Gasteiger partial charge < -0.3 is 9.30 Å². The van der Waals surface area contributed by atoms with E-state index in [4.69, 9.17) is 10.00 Å². The minimum Gasteiger partial charge on any atom is -0.376 e. The third-order valence-electron chi connectivity index (χ3n) is 3.22. The zero-order valence-electron chi connectivity index (χ0n) is 10.5. The van der Waals surface area contributed by atoms with Crippen LogP contribution in [0, 0.1) is 11.3 Å². The first-order valence-electron chi connectivity index (χ1n) is 6.35. The molecule has 0 radical (unpaired) electrons. The van der Waals surface area contributed by atoms with Gasteiger partial charge in [0.15, 0.2) is 0 Å². The standard InChI is InChI=1S/C14H14N4O/c15-7-11-3-4-16-13(6-11)14-9-18(10-17-14)8-12-2-1-5-19-12/h3-4,6,9-10,12H,1-2,5,8H2. The second-order valence-electron chi connectivity index (χ2n) is 4.63. The van der Waals surface area contributed by atoms with Crippen molar-refractivity contribution in [1.29, 1.82) is 5.26 Å². The molecule has 19 heavy (non-hydrogen) atoms. The fourth-order valence-electron chi connectivity index (χ4n) is 2.26. The Morgan fingerprint density at radius 2 is 2.37 bits per heavy atom. The largest absolute Gasteiger partial charge is 0.376 e. The molecule has 0 saturated carbocycles. The van der Waals surface area contributed by atoms with Crippen LogP contribution >= 0.6 is 0 Å². The number of hydrogen-bond acceptors (Lipinski definition) is 4. The van der Waals surface area contributed by atoms with Crippen molar-refractivity contribution in [2.75, 3.05) is 6.61 Å². The molecule has 1 unspecified atom stereocenters. The van der Waals surface area contributed by atoms with E-state index in [0.29, 0.717) is 11.7 Å². The highest BCUT2D eigenvalue weighted by Crippen LogP contribution is 2.18. The van der Waals surface area contributed by atoms with Crippen LogP contribution in [0.1, 0.15) is 18.4 Å². The van der Waals surface area contributed by atoms with Crippen molar-refractivity contribution in [3.8, 4) is 17.5 Å². The summed E-state index contributed by atoms with van der Waals surface area (Å²) in [6, 6.07) is 5.54. The van der Waals surface area contributed by atoms with Gasteiger partial charge in [0.05, 0.1) is 29.8 Å². The van der Waals surface area contributed by atoms with E-state index < -0.39 is 0 Å². The predicted octanol–water partition coefficient (Wildman–Crippen LogP) is 2.00. The van der Waals surface area contributed by atoms with E-state index in [2.05, 4.69) is 16.0 Å². The average molecular weight is 254 g/mol. The number of imidazole rings is 1. The van der Waals surface area contributed by atoms with Crippen LogP contribution in [0.4, 0.5) is 0 Å². The summed E-state index contributed by atoms with van der Waals surface area (Å²) >= 11 is 0. The second-order valence-corrected chi connectivity index (χ2v) is 4.63. The molecule has 2 aromatic heterocycles. The lowest BCUT2D eigenvalue weighted by Crippen LogP contribution is -2.13. The van der Waals surface area contributed by atoms with Crippen LogP contribution in [0.3, 0.4) is 0 Å². The Morgan fingerprint density at radius 1 is 1.42 bits per heavy atom. The van der Waals surface area contributed by atoms with Crippen LogP contribution in [-0.4, -0.2) is 27.2 Å². The zero-order chi connectivity index (χ0) is 13.1. The van der Waals surface area contributed by atoms with Gasteiger partial charge in [0.2, 0.25) is 0 Å². The molecule has 2 aromatic rings. The van der Waals surface area contributed by atoms with Gasteiger partial charge in [-0.3, -0.25) is 4.98 Å². The van der Waals surface area contributed by atoms with Crippen molar-refractivity contribution >= 4 is 0 Å². The van der Waals surface area contributed by atoms with E-state index in [1.807, 2.05) is 10.8 Å². The molecule has 0 aromatic carbocycles. The van der Waals surface area contributed by atoms with Crippen molar-refractivity contribution in [3.05, 3.63) is 36.4 Å². The Labute approximate surface area is 111 Å². The molecule has 0 bridgehead atoms. The van der Waals surface area contributed by atoms with Crippen molar-refractivity contribution in [1.82, 2.24) is 14.5 Å². The number of nitriles is 1. The summed E-state index contributed by atoms with van der Waals surface area (Å²) in [5.41, 5.74) is 2.11. The lowest BCUT2D eigenvalue weighted by molar-refractivity contribution is 0.0970. The maximum atomic E-state index is 8.88. The van der Waals surface area contributed by atoms with Crippen LogP contribution in [0.15, 0.2) is 30.9 Å². The fourth-order valence-corrected chi connectivity index (χ4v) is 2.26. The van der Waals surface area contributed by atoms with Crippen LogP contribution in [-0.2, 0) is 11.3 Å². The van der Waals surface area contributed by atoms with Gasteiger partial charge in [0.25, 0.3) is 0 Å². The molecule has 0 spiro atoms. The molecule has 3 heterocycles. The Hall–Kier alpha value is -2.19. The fraction of sp³-hybridized carbons (Fsp3) is 0.357. The van der Waals surface area contributed by atoms with E-state index in [1.165, 1.54) is 0 Å². The first-order valence-corrected chi connectivity index (χ1v) is 6.35. The molecule has 5 heteroatoms. The summed E-state index contributed by atoms with van der Waals surface area (Å²) in [4.78, 5) is 8.58. The quantitative estimate of drug-likeness (QED) is 0.840. The predicted molar refractivity (Wildman–Crippen MR) is 69.1 cm³/mol. The topological polar surface area (TPSA) is 63.7 Å². The van der Waals surface area contributed by atoms with E-state index in [-0.39, 0.29) is 0 Å². The van der Waals surface area contributed by atoms with Gasteiger partial charge in [-0.1, -0.05) is 0 Å². The number of rotatable bonds is 3. The minimum atomic E-state index is 0.292. The summed E-state index contributed by atoms with van der Waals surface area (Å²) < 4.78 is 7.62. The molecule has 3 rings (SSSR count). The lowest BCUT2D eigenvalue weighted by Gasteiger charge is -2.08. The second kappa shape index (κ2) is 5.21. The lowest BCUT2D eigenvalue weighted by atomic mass is 10.2. The molecule has 5 nitrogen and oxygen atoms in total. The van der Waals surface area contributed by atoms with Crippen molar-refractivity contribution in [2.24, 2.45) is 0 Å². The molecule has 1 atom stereocenters. The summed E-state index contributed by atoms with van der Waals surface area (Å²) in [6.07, 6.45) is 7.91. The van der Waals surface area contributed by atoms with Crippen LogP contribution in [0.2, 0.25) is 0 Å². The summed E-state index contributed by atoms with van der Waals surface area (Å²) in [7, 11) is 0. The van der Waals surface area contributed by atoms with Gasteiger partial charge in [0.1, 0.15) is 5.69 Å². The molecule has 96 valence electrons. The van der Waals surface area contributed by atoms with Gasteiger partial charge in [-0.05, 0) is 25.0 Å². The third-order valence-corrected chi connectivity index (χ3v) is 3.22. The highest BCUT2D eigenvalue weighted by Gasteiger charge is 2.16. The molecule has 0 N–H and O–H groups in total. The van der Waals surface area contributed by atoms with Crippen LogP contribution in [0.5, 0.6) is 0 Å². The maximum absolute atomic E-state index is 8.88. The number of aromatic nitrogens is 3. The first kappa shape index (κ1) is 11.9. The average Bonchev–Trinajstić information content (AvgIpc) is 3.11. The Balaban J connectivity index is 1.78. The van der Waals surface area contributed by atoms with Gasteiger partial charge in [-0.2, -0.15) is 5.26 Å². The van der Waals surface area contributed by atoms with Gasteiger partial charge in [0, 0.05) is 25.5 Å². The molecule has 0 amide bonds. The number of pyridine rings is 1. The van der Waals surface area contributed by atoms with Gasteiger partial charge in [-0.25, -0.2) is 4.98 Å².